The average Bonchev–Trinajstić information content (AvgIpc) is 2.61. The quantitative estimate of drug-likeness (QED) is 0.315. The molecule has 7 heteroatoms. The molecule has 0 aromatic heterocycles. The number of benzene rings is 1. The van der Waals surface area contributed by atoms with Crippen molar-refractivity contribution in [3.05, 3.63) is 34.3 Å². The van der Waals surface area contributed by atoms with Crippen molar-refractivity contribution in [2.45, 2.75) is 38.1 Å². The van der Waals surface area contributed by atoms with E-state index in [0.717, 1.165) is 49.6 Å². The van der Waals surface area contributed by atoms with E-state index in [1.165, 1.54) is 5.56 Å². The molecule has 1 heterocycles. The summed E-state index contributed by atoms with van der Waals surface area (Å²) in [5, 5.41) is 6.75. The number of ether oxygens (including phenoxy) is 2. The van der Waals surface area contributed by atoms with Gasteiger partial charge in [-0.2, -0.15) is 0 Å². The van der Waals surface area contributed by atoms with Gasteiger partial charge in [-0.3, -0.25) is 4.99 Å². The normalized spacial score (nSPS) is 17.9. The van der Waals surface area contributed by atoms with E-state index in [4.69, 9.17) is 14.5 Å². The van der Waals surface area contributed by atoms with Crippen molar-refractivity contribution < 1.29 is 9.47 Å². The molecule has 2 rings (SSSR count). The van der Waals surface area contributed by atoms with Gasteiger partial charge in [0.2, 0.25) is 0 Å². The summed E-state index contributed by atoms with van der Waals surface area (Å²) in [5.41, 5.74) is 1.37. The third kappa shape index (κ3) is 6.98. The maximum Gasteiger partial charge on any atom is 0.191 e. The molecule has 0 amide bonds. The molecule has 148 valence electrons. The van der Waals surface area contributed by atoms with Crippen molar-refractivity contribution in [3.8, 4) is 0 Å². The second-order valence-electron chi connectivity index (χ2n) is 6.60. The number of aliphatic imine (C=N–C) groups is 1. The summed E-state index contributed by atoms with van der Waals surface area (Å²) >= 11 is 3.53. The Bertz CT molecular complexity index is 548. The van der Waals surface area contributed by atoms with Gasteiger partial charge in [0.25, 0.3) is 0 Å². The van der Waals surface area contributed by atoms with Gasteiger partial charge in [0, 0.05) is 42.8 Å². The summed E-state index contributed by atoms with van der Waals surface area (Å²) in [6.45, 7) is 7.97. The van der Waals surface area contributed by atoms with Crippen LogP contribution in [0.1, 0.15) is 32.3 Å². The molecule has 26 heavy (non-hydrogen) atoms. The molecule has 0 bridgehead atoms. The van der Waals surface area contributed by atoms with Crippen LogP contribution in [0.4, 0.5) is 0 Å². The van der Waals surface area contributed by atoms with Crippen LogP contribution in [-0.2, 0) is 14.9 Å². The second kappa shape index (κ2) is 12.2. The summed E-state index contributed by atoms with van der Waals surface area (Å²) in [7, 11) is 1.72. The predicted molar refractivity (Wildman–Crippen MR) is 122 cm³/mol. The Hall–Kier alpha value is -0.380. The highest BCUT2D eigenvalue weighted by molar-refractivity contribution is 14.0. The lowest BCUT2D eigenvalue weighted by Crippen LogP contribution is -2.45. The predicted octanol–water partition coefficient (Wildman–Crippen LogP) is 3.71. The summed E-state index contributed by atoms with van der Waals surface area (Å²) in [6.07, 6.45) is 1.98. The zero-order valence-electron chi connectivity index (χ0n) is 15.9. The Morgan fingerprint density at radius 2 is 1.96 bits per heavy atom. The fourth-order valence-corrected chi connectivity index (χ4v) is 3.44. The molecule has 0 saturated carbocycles. The molecule has 0 radical (unpaired) electrons. The minimum absolute atomic E-state index is 0. The number of guanidine groups is 1. The third-order valence-corrected chi connectivity index (χ3v) is 5.12. The summed E-state index contributed by atoms with van der Waals surface area (Å²) < 4.78 is 11.9. The standard InChI is InChI=1S/C19H30BrN3O2.HI/c1-4-21-18(23-15(2)13-24-3)22-14-19(9-11-25-12-10-19)16-5-7-17(20)8-6-16;/h5-8,15H,4,9-14H2,1-3H3,(H2,21,22,23);1H. The van der Waals surface area contributed by atoms with Gasteiger partial charge in [0.1, 0.15) is 0 Å². The van der Waals surface area contributed by atoms with Gasteiger partial charge in [-0.25, -0.2) is 0 Å². The number of hydrogen-bond acceptors (Lipinski definition) is 3. The Labute approximate surface area is 182 Å². The Balaban J connectivity index is 0.00000338. The van der Waals surface area contributed by atoms with Gasteiger partial charge >= 0.3 is 0 Å². The number of nitrogens with one attached hydrogen (secondary N) is 2. The molecular weight excluding hydrogens is 509 g/mol. The third-order valence-electron chi connectivity index (χ3n) is 4.59. The van der Waals surface area contributed by atoms with E-state index < -0.39 is 0 Å². The Morgan fingerprint density at radius 3 is 2.54 bits per heavy atom. The van der Waals surface area contributed by atoms with E-state index >= 15 is 0 Å². The van der Waals surface area contributed by atoms with Crippen LogP contribution in [0.15, 0.2) is 33.7 Å². The molecule has 1 fully saturated rings. The lowest BCUT2D eigenvalue weighted by Gasteiger charge is -2.37. The van der Waals surface area contributed by atoms with Crippen molar-refractivity contribution in [2.75, 3.05) is 40.0 Å². The number of rotatable bonds is 7. The first-order valence-electron chi connectivity index (χ1n) is 8.97. The molecule has 5 nitrogen and oxygen atoms in total. The van der Waals surface area contributed by atoms with E-state index in [-0.39, 0.29) is 35.4 Å². The molecule has 0 spiro atoms. The molecular formula is C19H31BrIN3O2. The SMILES string of the molecule is CCNC(=NCC1(c2ccc(Br)cc2)CCOCC1)NC(C)COC.I. The molecule has 1 saturated heterocycles. The fourth-order valence-electron chi connectivity index (χ4n) is 3.18. The molecule has 1 aliphatic heterocycles. The maximum absolute atomic E-state index is 5.62. The first kappa shape index (κ1) is 23.7. The van der Waals surface area contributed by atoms with Gasteiger partial charge in [-0.1, -0.05) is 28.1 Å². The Morgan fingerprint density at radius 1 is 1.31 bits per heavy atom. The van der Waals surface area contributed by atoms with Crippen LogP contribution in [0.3, 0.4) is 0 Å². The van der Waals surface area contributed by atoms with E-state index in [1.807, 2.05) is 0 Å². The van der Waals surface area contributed by atoms with Crippen molar-refractivity contribution in [2.24, 2.45) is 4.99 Å². The smallest absolute Gasteiger partial charge is 0.191 e. The summed E-state index contributed by atoms with van der Waals surface area (Å²) in [5.74, 6) is 0.843. The van der Waals surface area contributed by atoms with Gasteiger partial charge in [-0.05, 0) is 44.4 Å². The van der Waals surface area contributed by atoms with Crippen LogP contribution in [0.2, 0.25) is 0 Å². The fraction of sp³-hybridized carbons (Fsp3) is 0.632. The van der Waals surface area contributed by atoms with Gasteiger partial charge in [0.15, 0.2) is 5.96 Å². The van der Waals surface area contributed by atoms with Crippen LogP contribution in [-0.4, -0.2) is 52.0 Å². The highest BCUT2D eigenvalue weighted by Crippen LogP contribution is 2.35. The Kier molecular flexibility index (Phi) is 11.1. The lowest BCUT2D eigenvalue weighted by atomic mass is 9.74. The first-order chi connectivity index (χ1) is 12.1. The molecule has 1 aliphatic rings. The van der Waals surface area contributed by atoms with Crippen LogP contribution in [0.25, 0.3) is 0 Å². The molecule has 1 aromatic carbocycles. The largest absolute Gasteiger partial charge is 0.383 e. The van der Waals surface area contributed by atoms with E-state index in [0.29, 0.717) is 6.61 Å². The van der Waals surface area contributed by atoms with E-state index in [9.17, 15) is 0 Å². The number of hydrogen-bond donors (Lipinski definition) is 2. The number of methoxy groups -OCH3 is 1. The van der Waals surface area contributed by atoms with Crippen molar-refractivity contribution in [1.29, 1.82) is 0 Å². The topological polar surface area (TPSA) is 54.9 Å². The van der Waals surface area contributed by atoms with Gasteiger partial charge in [-0.15, -0.1) is 24.0 Å². The van der Waals surface area contributed by atoms with E-state index in [2.05, 4.69) is 64.7 Å². The monoisotopic (exact) mass is 539 g/mol. The van der Waals surface area contributed by atoms with Crippen LogP contribution in [0, 0.1) is 0 Å². The summed E-state index contributed by atoms with van der Waals surface area (Å²) in [4.78, 5) is 4.90. The van der Waals surface area contributed by atoms with Gasteiger partial charge in [0.05, 0.1) is 13.2 Å². The van der Waals surface area contributed by atoms with Crippen molar-refractivity contribution >= 4 is 45.9 Å². The first-order valence-corrected chi connectivity index (χ1v) is 9.76. The van der Waals surface area contributed by atoms with Crippen molar-refractivity contribution in [3.63, 3.8) is 0 Å². The molecule has 0 aliphatic carbocycles. The highest BCUT2D eigenvalue weighted by atomic mass is 127. The average molecular weight is 540 g/mol. The minimum Gasteiger partial charge on any atom is -0.383 e. The molecule has 1 atom stereocenters. The van der Waals surface area contributed by atoms with Crippen LogP contribution < -0.4 is 10.6 Å². The highest BCUT2D eigenvalue weighted by Gasteiger charge is 2.34. The zero-order valence-corrected chi connectivity index (χ0v) is 19.8. The minimum atomic E-state index is 0. The number of nitrogens with zero attached hydrogens (tertiary/aromatic N) is 1. The molecule has 1 aromatic rings. The van der Waals surface area contributed by atoms with Crippen molar-refractivity contribution in [1.82, 2.24) is 10.6 Å². The van der Waals surface area contributed by atoms with Crippen LogP contribution in [0.5, 0.6) is 0 Å². The number of halogens is 2. The van der Waals surface area contributed by atoms with E-state index in [1.54, 1.807) is 7.11 Å². The second-order valence-corrected chi connectivity index (χ2v) is 7.51. The molecule has 2 N–H and O–H groups in total. The van der Waals surface area contributed by atoms with Crippen LogP contribution >= 0.6 is 39.9 Å². The summed E-state index contributed by atoms with van der Waals surface area (Å²) in [6, 6.07) is 8.85. The zero-order chi connectivity index (χ0) is 18.1. The molecule has 1 unspecified atom stereocenters. The van der Waals surface area contributed by atoms with Gasteiger partial charge < -0.3 is 20.1 Å². The lowest BCUT2D eigenvalue weighted by molar-refractivity contribution is 0.0531. The maximum atomic E-state index is 5.62.